The number of hydrogen-bond acceptors (Lipinski definition) is 1. The van der Waals surface area contributed by atoms with Gasteiger partial charge in [0.2, 0.25) is 0 Å². The fourth-order valence-corrected chi connectivity index (χ4v) is 17.6. The van der Waals surface area contributed by atoms with Crippen molar-refractivity contribution in [2.45, 2.75) is 235 Å². The summed E-state index contributed by atoms with van der Waals surface area (Å²) in [5.74, 6) is 5.14. The Balaban J connectivity index is 0.924. The third-order valence-corrected chi connectivity index (χ3v) is 22.5. The van der Waals surface area contributed by atoms with Gasteiger partial charge in [-0.3, -0.25) is 0 Å². The van der Waals surface area contributed by atoms with Crippen LogP contribution in [0.2, 0.25) is 0 Å². The summed E-state index contributed by atoms with van der Waals surface area (Å²) >= 11 is 0. The minimum atomic E-state index is -0.483. The van der Waals surface area contributed by atoms with Crippen molar-refractivity contribution in [2.24, 2.45) is 11.8 Å². The first-order valence-electron chi connectivity index (χ1n) is 34.1. The van der Waals surface area contributed by atoms with E-state index in [1.165, 1.54) is 264 Å². The lowest BCUT2D eigenvalue weighted by atomic mass is 9.67. The van der Waals surface area contributed by atoms with Gasteiger partial charge < -0.3 is 4.90 Å². The van der Waals surface area contributed by atoms with E-state index >= 15 is 0 Å². The van der Waals surface area contributed by atoms with Crippen molar-refractivity contribution in [3.8, 4) is 22.3 Å². The van der Waals surface area contributed by atoms with Crippen molar-refractivity contribution < 1.29 is 0 Å². The highest BCUT2D eigenvalue weighted by molar-refractivity contribution is 5.90. The minimum absolute atomic E-state index is 0.483. The van der Waals surface area contributed by atoms with Crippen LogP contribution in [0.3, 0.4) is 0 Å². The molecule has 6 aliphatic rings. The number of nitrogens with zero attached hydrogens (tertiary/aromatic N) is 1. The first-order chi connectivity index (χ1) is 40.5. The maximum atomic E-state index is 2.71. The van der Waals surface area contributed by atoms with Crippen molar-refractivity contribution in [2.75, 3.05) is 4.90 Å². The Kier molecular flexibility index (Phi) is 17.4. The fourth-order valence-electron chi connectivity index (χ4n) is 17.6. The molecular weight excluding hydrogens is 987 g/mol. The van der Waals surface area contributed by atoms with Crippen LogP contribution < -0.4 is 4.90 Å². The van der Waals surface area contributed by atoms with E-state index in [9.17, 15) is 0 Å². The quantitative estimate of drug-likeness (QED) is 0.111. The number of anilines is 3. The van der Waals surface area contributed by atoms with Crippen molar-refractivity contribution in [3.63, 3.8) is 0 Å². The molecule has 0 amide bonds. The summed E-state index contributed by atoms with van der Waals surface area (Å²) in [7, 11) is 0. The summed E-state index contributed by atoms with van der Waals surface area (Å²) in [5, 5.41) is 0. The second-order valence-corrected chi connectivity index (χ2v) is 27.3. The second-order valence-electron chi connectivity index (χ2n) is 27.3. The lowest BCUT2D eigenvalue weighted by Crippen LogP contribution is -2.29. The molecule has 0 aliphatic heterocycles. The zero-order valence-corrected chi connectivity index (χ0v) is 50.5. The summed E-state index contributed by atoms with van der Waals surface area (Å²) in [4.78, 5) is 2.60. The van der Waals surface area contributed by atoms with Gasteiger partial charge in [-0.25, -0.2) is 0 Å². The summed E-state index contributed by atoms with van der Waals surface area (Å²) in [5.41, 5.74) is 22.0. The summed E-state index contributed by atoms with van der Waals surface area (Å²) in [6.45, 7) is 4.83. The molecule has 7 aromatic carbocycles. The number of rotatable bonds is 13. The van der Waals surface area contributed by atoms with Crippen LogP contribution in [-0.2, 0) is 5.41 Å². The van der Waals surface area contributed by atoms with Gasteiger partial charge in [0.15, 0.2) is 0 Å². The van der Waals surface area contributed by atoms with Crippen LogP contribution in [0.15, 0.2) is 158 Å². The summed E-state index contributed by atoms with van der Waals surface area (Å²) in [6, 6.07) is 64.9. The second kappa shape index (κ2) is 25.7. The number of hydrogen-bond donors (Lipinski definition) is 0. The lowest BCUT2D eigenvalue weighted by molar-refractivity contribution is 0.347. The molecule has 0 bridgehead atoms. The van der Waals surface area contributed by atoms with Crippen molar-refractivity contribution in [1.29, 1.82) is 0 Å². The van der Waals surface area contributed by atoms with Gasteiger partial charge in [-0.15, -0.1) is 0 Å². The van der Waals surface area contributed by atoms with Gasteiger partial charge in [-0.2, -0.15) is 0 Å². The van der Waals surface area contributed by atoms with Crippen molar-refractivity contribution in [3.05, 3.63) is 208 Å². The van der Waals surface area contributed by atoms with Gasteiger partial charge in [0.1, 0.15) is 0 Å². The van der Waals surface area contributed by atoms with Crippen LogP contribution in [0.5, 0.6) is 0 Å². The van der Waals surface area contributed by atoms with E-state index < -0.39 is 5.41 Å². The molecule has 0 radical (unpaired) electrons. The van der Waals surface area contributed by atoms with E-state index in [-0.39, 0.29) is 0 Å². The highest BCUT2D eigenvalue weighted by Crippen LogP contribution is 2.58. The Labute approximate surface area is 496 Å². The Morgan fingerprint density at radius 2 is 0.683 bits per heavy atom. The molecule has 0 atom stereocenters. The molecule has 13 rings (SSSR count). The predicted molar refractivity (Wildman–Crippen MR) is 350 cm³/mol. The topological polar surface area (TPSA) is 3.24 Å². The van der Waals surface area contributed by atoms with Crippen molar-refractivity contribution >= 4 is 17.1 Å². The smallest absolute Gasteiger partial charge is 0.0714 e. The highest BCUT2D eigenvalue weighted by Gasteiger charge is 2.47. The van der Waals surface area contributed by atoms with Crippen LogP contribution in [0.1, 0.15) is 280 Å². The van der Waals surface area contributed by atoms with Gasteiger partial charge in [0.25, 0.3) is 0 Å². The third-order valence-electron chi connectivity index (χ3n) is 22.5. The average Bonchev–Trinajstić information content (AvgIpc) is 4.00. The molecule has 0 heterocycles. The maximum Gasteiger partial charge on any atom is 0.0714 e. The molecule has 0 aromatic heterocycles. The SMILES string of the molecule is CCC1CCCC(c2cc(-c3ccc(N(c4ccc(C5CCCCC5)cc4)c4ccc5c(c4)C(c4ccc(C6CCCCC6)cc4)(c4ccc(C6CCCCC6)cc4)c4ccccc4-5)cc3)cc(C3CCCC(CC)CCC3)c2)CCC1. The van der Waals surface area contributed by atoms with E-state index in [1.807, 2.05) is 0 Å². The van der Waals surface area contributed by atoms with Crippen LogP contribution >= 0.6 is 0 Å². The minimum Gasteiger partial charge on any atom is -0.310 e. The van der Waals surface area contributed by atoms with Gasteiger partial charge in [-0.05, 0) is 214 Å². The molecule has 5 saturated carbocycles. The zero-order valence-electron chi connectivity index (χ0n) is 50.5. The monoisotopic (exact) mass is 1080 g/mol. The Bertz CT molecular complexity index is 3050. The Hall–Kier alpha value is -5.66. The van der Waals surface area contributed by atoms with E-state index in [2.05, 4.69) is 176 Å². The van der Waals surface area contributed by atoms with Crippen LogP contribution in [-0.4, -0.2) is 0 Å². The summed E-state index contributed by atoms with van der Waals surface area (Å²) < 4.78 is 0. The largest absolute Gasteiger partial charge is 0.310 e. The van der Waals surface area contributed by atoms with E-state index in [1.54, 1.807) is 11.1 Å². The van der Waals surface area contributed by atoms with Crippen molar-refractivity contribution in [1.82, 2.24) is 0 Å². The molecule has 0 N–H and O–H groups in total. The van der Waals surface area contributed by atoms with Crippen LogP contribution in [0.25, 0.3) is 22.3 Å². The molecule has 0 unspecified atom stereocenters. The van der Waals surface area contributed by atoms with Gasteiger partial charge >= 0.3 is 0 Å². The normalized spacial score (nSPS) is 23.0. The Morgan fingerprint density at radius 3 is 1.13 bits per heavy atom. The van der Waals surface area contributed by atoms with Gasteiger partial charge in [-0.1, -0.05) is 257 Å². The number of fused-ring (bicyclic) bond motifs is 3. The fraction of sp³-hybridized carbons (Fsp3) is 0.481. The molecule has 1 nitrogen and oxygen atoms in total. The van der Waals surface area contributed by atoms with E-state index in [4.69, 9.17) is 0 Å². The molecule has 5 fully saturated rings. The molecule has 426 valence electrons. The molecule has 0 saturated heterocycles. The summed E-state index contributed by atoms with van der Waals surface area (Å²) in [6.07, 6.45) is 39.2. The first-order valence-corrected chi connectivity index (χ1v) is 34.1. The first kappa shape index (κ1) is 55.5. The molecule has 7 aromatic rings. The molecule has 1 heteroatoms. The maximum absolute atomic E-state index is 2.71. The van der Waals surface area contributed by atoms with Gasteiger partial charge in [0.05, 0.1) is 5.41 Å². The molecule has 6 aliphatic carbocycles. The van der Waals surface area contributed by atoms with Gasteiger partial charge in [0, 0.05) is 17.1 Å². The average molecular weight is 1080 g/mol. The number of benzene rings is 7. The zero-order chi connectivity index (χ0) is 55.2. The van der Waals surface area contributed by atoms with Crippen LogP contribution in [0.4, 0.5) is 17.1 Å². The lowest BCUT2D eigenvalue weighted by Gasteiger charge is -2.35. The van der Waals surface area contributed by atoms with E-state index in [0.29, 0.717) is 29.6 Å². The van der Waals surface area contributed by atoms with E-state index in [0.717, 1.165) is 11.8 Å². The molecular formula is C81H97N. The highest BCUT2D eigenvalue weighted by atomic mass is 15.1. The van der Waals surface area contributed by atoms with Crippen LogP contribution in [0, 0.1) is 11.8 Å². The molecule has 82 heavy (non-hydrogen) atoms. The standard InChI is InChI=1S/C81H97N/c1-3-58-20-16-30-63(31-17-21-58)69-54-70(64-32-18-22-59(4-2)23-19-33-64)56-71(55-69)68-42-50-75(51-43-68)82(74-48-40-67(41-49-74)62-28-12-7-13-29-62)76-52-53-78-77-34-14-15-35-79(77)81(80(78)57-76,72-44-36-65(37-45-72)60-24-8-5-9-25-60)73-46-38-66(39-47-73)61-26-10-6-11-27-61/h14-15,34-64H,3-13,16-33H2,1-2H3. The third kappa shape index (κ3) is 11.5. The Morgan fingerprint density at radius 1 is 0.305 bits per heavy atom. The molecule has 0 spiro atoms. The predicted octanol–water partition coefficient (Wildman–Crippen LogP) is 24.3.